The van der Waals surface area contributed by atoms with Crippen molar-refractivity contribution in [1.82, 2.24) is 9.97 Å². The maximum atomic E-state index is 12.5. The molecule has 0 atom stereocenters. The van der Waals surface area contributed by atoms with Crippen LogP contribution in [0.4, 0.5) is 17.2 Å². The molecular weight excluding hydrogens is 364 g/mol. The first-order valence-electron chi connectivity index (χ1n) is 9.05. The fourth-order valence-electron chi connectivity index (χ4n) is 2.65. The molecule has 0 aliphatic rings. The summed E-state index contributed by atoms with van der Waals surface area (Å²) in [5.41, 5.74) is 1.79. The molecule has 29 heavy (non-hydrogen) atoms. The molecule has 0 saturated heterocycles. The van der Waals surface area contributed by atoms with Crippen LogP contribution in [0.3, 0.4) is 0 Å². The number of nitrogens with one attached hydrogen (secondary N) is 2. The average Bonchev–Trinajstić information content (AvgIpc) is 2.77. The highest BCUT2D eigenvalue weighted by atomic mass is 16.5. The Hall–Kier alpha value is -4.19. The van der Waals surface area contributed by atoms with Crippen LogP contribution in [-0.4, -0.2) is 15.9 Å². The number of hydrogen-bond donors (Lipinski definition) is 2. The summed E-state index contributed by atoms with van der Waals surface area (Å²) < 4.78 is 5.75. The monoisotopic (exact) mass is 382 g/mol. The highest BCUT2D eigenvalue weighted by Crippen LogP contribution is 2.23. The summed E-state index contributed by atoms with van der Waals surface area (Å²) in [7, 11) is 0. The van der Waals surface area contributed by atoms with Gasteiger partial charge in [0.25, 0.3) is 5.91 Å². The molecular formula is C23H18N4O2. The number of aromatic nitrogens is 2. The summed E-state index contributed by atoms with van der Waals surface area (Å²) in [6.45, 7) is 0. The summed E-state index contributed by atoms with van der Waals surface area (Å²) in [6.07, 6.45) is 1.36. The predicted molar refractivity (Wildman–Crippen MR) is 113 cm³/mol. The molecule has 1 heterocycles. The molecule has 6 heteroatoms. The maximum Gasteiger partial charge on any atom is 0.274 e. The van der Waals surface area contributed by atoms with Gasteiger partial charge in [-0.05, 0) is 48.5 Å². The Bertz CT molecular complexity index is 1080. The molecule has 1 amide bonds. The second-order valence-corrected chi connectivity index (χ2v) is 6.17. The van der Waals surface area contributed by atoms with Crippen molar-refractivity contribution in [3.63, 3.8) is 0 Å². The minimum absolute atomic E-state index is 0.267. The fourth-order valence-corrected chi connectivity index (χ4v) is 2.65. The number of carbonyl (C=O) groups is 1. The molecule has 0 fully saturated rings. The Balaban J connectivity index is 1.40. The van der Waals surface area contributed by atoms with E-state index in [9.17, 15) is 4.79 Å². The number of carbonyl (C=O) groups excluding carboxylic acids is 1. The van der Waals surface area contributed by atoms with Gasteiger partial charge in [-0.2, -0.15) is 0 Å². The van der Waals surface area contributed by atoms with Gasteiger partial charge in [0, 0.05) is 17.4 Å². The van der Waals surface area contributed by atoms with Gasteiger partial charge in [0.1, 0.15) is 29.3 Å². The van der Waals surface area contributed by atoms with Crippen LogP contribution in [0.25, 0.3) is 0 Å². The zero-order valence-corrected chi connectivity index (χ0v) is 15.4. The molecule has 0 unspecified atom stereocenters. The number of ether oxygens (including phenoxy) is 1. The van der Waals surface area contributed by atoms with Crippen molar-refractivity contribution >= 4 is 23.1 Å². The van der Waals surface area contributed by atoms with E-state index in [1.54, 1.807) is 30.3 Å². The Kier molecular flexibility index (Phi) is 5.43. The lowest BCUT2D eigenvalue weighted by Crippen LogP contribution is -2.14. The molecule has 0 aliphatic heterocycles. The van der Waals surface area contributed by atoms with Crippen molar-refractivity contribution in [2.75, 3.05) is 10.6 Å². The van der Waals surface area contributed by atoms with Gasteiger partial charge in [0.15, 0.2) is 0 Å². The second-order valence-electron chi connectivity index (χ2n) is 6.17. The summed E-state index contributed by atoms with van der Waals surface area (Å²) in [6, 6.07) is 27.9. The number of anilines is 3. The second kappa shape index (κ2) is 8.67. The number of para-hydroxylation sites is 2. The van der Waals surface area contributed by atoms with Gasteiger partial charge in [0.05, 0.1) is 0 Å². The van der Waals surface area contributed by atoms with Gasteiger partial charge in [-0.25, -0.2) is 9.97 Å². The molecule has 0 bridgehead atoms. The van der Waals surface area contributed by atoms with Gasteiger partial charge < -0.3 is 15.4 Å². The Morgan fingerprint density at radius 2 is 1.38 bits per heavy atom. The first-order valence-corrected chi connectivity index (χ1v) is 9.05. The van der Waals surface area contributed by atoms with Crippen LogP contribution in [0.2, 0.25) is 0 Å². The van der Waals surface area contributed by atoms with Crippen LogP contribution in [0.5, 0.6) is 11.5 Å². The lowest BCUT2D eigenvalue weighted by molar-refractivity contribution is 0.102. The first kappa shape index (κ1) is 18.2. The van der Waals surface area contributed by atoms with Crippen molar-refractivity contribution in [2.24, 2.45) is 0 Å². The summed E-state index contributed by atoms with van der Waals surface area (Å²) in [5, 5.41) is 5.97. The quantitative estimate of drug-likeness (QED) is 0.475. The molecule has 4 rings (SSSR count). The Morgan fingerprint density at radius 1 is 0.724 bits per heavy atom. The molecule has 4 aromatic rings. The van der Waals surface area contributed by atoms with E-state index in [2.05, 4.69) is 20.6 Å². The third-order valence-corrected chi connectivity index (χ3v) is 4.04. The molecule has 0 aliphatic carbocycles. The van der Waals surface area contributed by atoms with Crippen LogP contribution >= 0.6 is 0 Å². The van der Waals surface area contributed by atoms with E-state index >= 15 is 0 Å². The summed E-state index contributed by atoms with van der Waals surface area (Å²) >= 11 is 0. The minimum Gasteiger partial charge on any atom is -0.457 e. The van der Waals surface area contributed by atoms with Crippen molar-refractivity contribution in [2.45, 2.75) is 0 Å². The van der Waals surface area contributed by atoms with E-state index in [4.69, 9.17) is 4.74 Å². The van der Waals surface area contributed by atoms with Crippen LogP contribution in [0.1, 0.15) is 10.5 Å². The summed E-state index contributed by atoms with van der Waals surface area (Å²) in [5.74, 6) is 1.66. The number of nitrogens with zero attached hydrogens (tertiary/aromatic N) is 2. The molecule has 2 N–H and O–H groups in total. The van der Waals surface area contributed by atoms with E-state index in [1.165, 1.54) is 6.33 Å². The van der Waals surface area contributed by atoms with E-state index in [-0.39, 0.29) is 11.6 Å². The zero-order valence-electron chi connectivity index (χ0n) is 15.4. The molecule has 0 spiro atoms. The van der Waals surface area contributed by atoms with Gasteiger partial charge in [0.2, 0.25) is 0 Å². The van der Waals surface area contributed by atoms with Gasteiger partial charge >= 0.3 is 0 Å². The average molecular weight is 382 g/mol. The number of hydrogen-bond acceptors (Lipinski definition) is 5. The minimum atomic E-state index is -0.319. The third-order valence-electron chi connectivity index (χ3n) is 4.04. The van der Waals surface area contributed by atoms with Crippen molar-refractivity contribution < 1.29 is 9.53 Å². The SMILES string of the molecule is O=C(Nc1ccc(Oc2ccccc2)cc1)c1cc(Nc2ccccc2)ncn1. The third kappa shape index (κ3) is 4.95. The van der Waals surface area contributed by atoms with Crippen molar-refractivity contribution in [3.05, 3.63) is 103 Å². The van der Waals surface area contributed by atoms with Gasteiger partial charge in [-0.3, -0.25) is 4.79 Å². The smallest absolute Gasteiger partial charge is 0.274 e. The fraction of sp³-hybridized carbons (Fsp3) is 0. The molecule has 6 nitrogen and oxygen atoms in total. The van der Waals surface area contributed by atoms with Gasteiger partial charge in [-0.15, -0.1) is 0 Å². The van der Waals surface area contributed by atoms with Crippen LogP contribution in [0.15, 0.2) is 97.3 Å². The first-order chi connectivity index (χ1) is 14.3. The van der Waals surface area contributed by atoms with Gasteiger partial charge in [-0.1, -0.05) is 36.4 Å². The molecule has 1 aromatic heterocycles. The van der Waals surface area contributed by atoms with Crippen LogP contribution in [0, 0.1) is 0 Å². The molecule has 142 valence electrons. The number of amides is 1. The molecule has 3 aromatic carbocycles. The molecule has 0 saturated carbocycles. The topological polar surface area (TPSA) is 76.1 Å². The Morgan fingerprint density at radius 3 is 2.10 bits per heavy atom. The lowest BCUT2D eigenvalue weighted by atomic mass is 10.2. The van der Waals surface area contributed by atoms with Crippen molar-refractivity contribution in [1.29, 1.82) is 0 Å². The van der Waals surface area contributed by atoms with Crippen molar-refractivity contribution in [3.8, 4) is 11.5 Å². The van der Waals surface area contributed by atoms with E-state index < -0.39 is 0 Å². The van der Waals surface area contributed by atoms with E-state index in [1.807, 2.05) is 60.7 Å². The number of benzene rings is 3. The maximum absolute atomic E-state index is 12.5. The largest absolute Gasteiger partial charge is 0.457 e. The Labute approximate surface area is 168 Å². The normalized spacial score (nSPS) is 10.2. The lowest BCUT2D eigenvalue weighted by Gasteiger charge is -2.09. The highest BCUT2D eigenvalue weighted by molar-refractivity contribution is 6.03. The summed E-state index contributed by atoms with van der Waals surface area (Å²) in [4.78, 5) is 20.8. The highest BCUT2D eigenvalue weighted by Gasteiger charge is 2.10. The predicted octanol–water partition coefficient (Wildman–Crippen LogP) is 5.26. The van der Waals surface area contributed by atoms with Crippen LogP contribution < -0.4 is 15.4 Å². The van der Waals surface area contributed by atoms with E-state index in [0.29, 0.717) is 17.3 Å². The van der Waals surface area contributed by atoms with Crippen LogP contribution in [-0.2, 0) is 0 Å². The van der Waals surface area contributed by atoms with E-state index in [0.717, 1.165) is 11.4 Å². The number of rotatable bonds is 6. The standard InChI is InChI=1S/C23H18N4O2/c28-23(21-15-22(25-16-24-21)26-17-7-3-1-4-8-17)27-18-11-13-20(14-12-18)29-19-9-5-2-6-10-19/h1-16H,(H,27,28)(H,24,25,26). The zero-order chi connectivity index (χ0) is 19.9. The molecule has 0 radical (unpaired) electrons.